The van der Waals surface area contributed by atoms with Gasteiger partial charge < -0.3 is 36.2 Å². The second-order valence-corrected chi connectivity index (χ2v) is 23.2. The lowest BCUT2D eigenvalue weighted by atomic mass is 9.95. The van der Waals surface area contributed by atoms with Crippen LogP contribution < -0.4 is 21.3 Å². The molecule has 6 atom stereocenters. The summed E-state index contributed by atoms with van der Waals surface area (Å²) < 4.78 is 0. The molecule has 5 N–H and O–H groups in total. The van der Waals surface area contributed by atoms with Gasteiger partial charge in [0, 0.05) is 55.8 Å². The highest BCUT2D eigenvalue weighted by Crippen LogP contribution is 2.37. The molecular formula is C78H86N6O4. The second-order valence-electron chi connectivity index (χ2n) is 23.2. The monoisotopic (exact) mass is 1170 g/mol. The van der Waals surface area contributed by atoms with Gasteiger partial charge in [-0.2, -0.15) is 0 Å². The molecule has 0 spiro atoms. The maximum atomic E-state index is 13.7. The average molecular weight is 1170 g/mol. The zero-order chi connectivity index (χ0) is 61.3. The Morgan fingerprint density at radius 3 is 1.02 bits per heavy atom. The molecule has 2 amide bonds. The Balaban J connectivity index is 0.000000147. The van der Waals surface area contributed by atoms with Crippen molar-refractivity contribution >= 4 is 34.8 Å². The number of likely N-dealkylation sites (tertiary alicyclic amines) is 2. The first-order valence-electron chi connectivity index (χ1n) is 31.4. The number of amides is 2. The second kappa shape index (κ2) is 33.0. The Bertz CT molecular complexity index is 3320. The maximum absolute atomic E-state index is 13.7. The molecule has 0 aromatic heterocycles. The molecule has 12 rings (SSSR count). The molecule has 3 fully saturated rings. The summed E-state index contributed by atoms with van der Waals surface area (Å²) in [5, 5.41) is 22.9. The first-order valence-corrected chi connectivity index (χ1v) is 31.4. The minimum absolute atomic E-state index is 0.174. The van der Waals surface area contributed by atoms with E-state index in [4.69, 9.17) is 0 Å². The van der Waals surface area contributed by atoms with Crippen LogP contribution in [0.2, 0.25) is 0 Å². The van der Waals surface area contributed by atoms with Crippen LogP contribution in [0.1, 0.15) is 124 Å². The molecule has 3 heterocycles. The van der Waals surface area contributed by atoms with Crippen LogP contribution in [-0.2, 0) is 14.4 Å². The zero-order valence-electron chi connectivity index (χ0n) is 51.3. The fraction of sp³-hybridized carbons (Fsp3) is 0.269. The third kappa shape index (κ3) is 18.4. The standard InChI is InChI=1S/2C26H28N2O.C16H17NO2.C10H13N/c2*1-20-14-16-21(17-15-20)24(19-27-23-11-6-3-7-12-23)26(29)28-18-8-13-25(28)22-9-4-2-5-10-22;1-12-7-9-13(10-8-12)15(16(18)19)11-17-14-5-3-2-4-6-14;1-2-5-9(6-3-1)10-7-4-8-11-10/h2*2-7,9-12,14-17,24-25,27H,8,13,18-19H2,1H3;2-10,15,17H,11H2,1H3,(H,18,19);1-3,5-6,10-11H,4,7-8H2/t24-,25-;;;/m1.../s1. The van der Waals surface area contributed by atoms with Crippen LogP contribution in [0.5, 0.6) is 0 Å². The molecule has 3 aliphatic heterocycles. The van der Waals surface area contributed by atoms with Crippen LogP contribution in [0.4, 0.5) is 17.1 Å². The number of aryl methyl sites for hydroxylation is 3. The number of benzene rings is 9. The normalized spacial score (nSPS) is 16.8. The van der Waals surface area contributed by atoms with E-state index >= 15 is 0 Å². The molecule has 0 bridgehead atoms. The van der Waals surface area contributed by atoms with Gasteiger partial charge in [-0.3, -0.25) is 14.4 Å². The fourth-order valence-electron chi connectivity index (χ4n) is 11.9. The van der Waals surface area contributed by atoms with Crippen molar-refractivity contribution < 1.29 is 19.5 Å². The van der Waals surface area contributed by atoms with E-state index in [0.717, 1.165) is 78.1 Å². The highest BCUT2D eigenvalue weighted by Gasteiger charge is 2.36. The molecule has 3 saturated heterocycles. The van der Waals surface area contributed by atoms with E-state index < -0.39 is 11.9 Å². The molecule has 452 valence electrons. The Kier molecular flexibility index (Phi) is 23.7. The Labute approximate surface area is 522 Å². The number of hydrogen-bond donors (Lipinski definition) is 5. The summed E-state index contributed by atoms with van der Waals surface area (Å²) in [4.78, 5) is 43.0. The van der Waals surface area contributed by atoms with E-state index in [9.17, 15) is 19.5 Å². The zero-order valence-corrected chi connectivity index (χ0v) is 51.3. The van der Waals surface area contributed by atoms with Crippen LogP contribution in [-0.4, -0.2) is 72.0 Å². The van der Waals surface area contributed by atoms with Crippen LogP contribution in [0.15, 0.2) is 255 Å². The molecular weight excluding hydrogens is 1080 g/mol. The highest BCUT2D eigenvalue weighted by molar-refractivity contribution is 5.86. The summed E-state index contributed by atoms with van der Waals surface area (Å²) in [7, 11) is 0. The van der Waals surface area contributed by atoms with Gasteiger partial charge in [-0.05, 0) is 136 Å². The van der Waals surface area contributed by atoms with Crippen LogP contribution in [0, 0.1) is 20.8 Å². The summed E-state index contributed by atoms with van der Waals surface area (Å²) in [6.07, 6.45) is 6.78. The first-order chi connectivity index (χ1) is 43.1. The van der Waals surface area contributed by atoms with Crippen LogP contribution in [0.3, 0.4) is 0 Å². The number of carbonyl (C=O) groups excluding carboxylic acids is 2. The van der Waals surface area contributed by atoms with Crippen LogP contribution in [0.25, 0.3) is 0 Å². The van der Waals surface area contributed by atoms with E-state index in [-0.39, 0.29) is 35.7 Å². The predicted molar refractivity (Wildman–Crippen MR) is 361 cm³/mol. The number of hydrogen-bond acceptors (Lipinski definition) is 7. The van der Waals surface area contributed by atoms with Gasteiger partial charge in [-0.25, -0.2) is 0 Å². The fourth-order valence-corrected chi connectivity index (χ4v) is 11.9. The molecule has 9 aromatic carbocycles. The molecule has 9 aromatic rings. The predicted octanol–water partition coefficient (Wildman–Crippen LogP) is 16.5. The summed E-state index contributed by atoms with van der Waals surface area (Å²) >= 11 is 0. The third-order valence-electron chi connectivity index (χ3n) is 16.9. The first kappa shape index (κ1) is 63.3. The smallest absolute Gasteiger partial charge is 0.312 e. The highest BCUT2D eigenvalue weighted by atomic mass is 16.4. The number of para-hydroxylation sites is 3. The van der Waals surface area contributed by atoms with Crippen LogP contribution >= 0.6 is 0 Å². The largest absolute Gasteiger partial charge is 0.481 e. The maximum Gasteiger partial charge on any atom is 0.312 e. The topological polar surface area (TPSA) is 126 Å². The summed E-state index contributed by atoms with van der Waals surface area (Å²) in [5.41, 5.74) is 13.4. The molecule has 0 saturated carbocycles. The quantitative estimate of drug-likeness (QED) is 0.0575. The Morgan fingerprint density at radius 1 is 0.398 bits per heavy atom. The number of aliphatic carboxylic acids is 1. The van der Waals surface area contributed by atoms with Crippen molar-refractivity contribution in [3.8, 4) is 0 Å². The van der Waals surface area contributed by atoms with E-state index in [1.807, 2.05) is 134 Å². The Morgan fingerprint density at radius 2 is 0.705 bits per heavy atom. The molecule has 0 radical (unpaired) electrons. The summed E-state index contributed by atoms with van der Waals surface area (Å²) in [6.45, 7) is 10.5. The van der Waals surface area contributed by atoms with Crippen molar-refractivity contribution in [1.82, 2.24) is 15.1 Å². The lowest BCUT2D eigenvalue weighted by molar-refractivity contribution is -0.138. The van der Waals surface area contributed by atoms with Gasteiger partial charge in [0.15, 0.2) is 0 Å². The number of carbonyl (C=O) groups is 3. The van der Waals surface area contributed by atoms with Gasteiger partial charge in [0.1, 0.15) is 0 Å². The number of carboxylic acid groups (broad SMARTS) is 1. The molecule has 3 aliphatic rings. The van der Waals surface area contributed by atoms with Crippen molar-refractivity contribution in [3.63, 3.8) is 0 Å². The molecule has 10 heteroatoms. The SMILES string of the molecule is Cc1ccc(C(CNc2ccccc2)C(=O)N2CCCC2c2ccccc2)cc1.Cc1ccc(C(CNc2ccccc2)C(=O)O)cc1.Cc1ccc([C@@H](CNc2ccccc2)C(=O)N2CCC[C@@H]2c2ccccc2)cc1.c1ccc(C2CCCN2)cc1. The number of anilines is 3. The average Bonchev–Trinajstić information content (AvgIpc) is 4.12. The van der Waals surface area contributed by atoms with E-state index in [0.29, 0.717) is 25.7 Å². The van der Waals surface area contributed by atoms with Crippen molar-refractivity contribution in [2.24, 2.45) is 0 Å². The minimum Gasteiger partial charge on any atom is -0.481 e. The van der Waals surface area contributed by atoms with E-state index in [1.54, 1.807) is 0 Å². The van der Waals surface area contributed by atoms with Gasteiger partial charge in [-0.15, -0.1) is 0 Å². The third-order valence-corrected chi connectivity index (χ3v) is 16.9. The lowest BCUT2D eigenvalue weighted by Crippen LogP contribution is -2.37. The molecule has 0 aliphatic carbocycles. The van der Waals surface area contributed by atoms with Gasteiger partial charge in [0.05, 0.1) is 29.8 Å². The van der Waals surface area contributed by atoms with E-state index in [1.165, 1.54) is 47.2 Å². The Hall–Kier alpha value is -9.25. The number of nitrogens with zero attached hydrogens (tertiary/aromatic N) is 2. The number of carboxylic acids is 1. The van der Waals surface area contributed by atoms with Crippen molar-refractivity contribution in [2.75, 3.05) is 55.2 Å². The van der Waals surface area contributed by atoms with Gasteiger partial charge >= 0.3 is 5.97 Å². The van der Waals surface area contributed by atoms with Gasteiger partial charge in [0.25, 0.3) is 0 Å². The van der Waals surface area contributed by atoms with Gasteiger partial charge in [0.2, 0.25) is 11.8 Å². The molecule has 10 nitrogen and oxygen atoms in total. The molecule has 4 unspecified atom stereocenters. The van der Waals surface area contributed by atoms with E-state index in [2.05, 4.69) is 172 Å². The summed E-state index contributed by atoms with van der Waals surface area (Å²) in [5.74, 6) is -1.35. The lowest BCUT2D eigenvalue weighted by Gasteiger charge is -2.30. The number of rotatable bonds is 18. The summed E-state index contributed by atoms with van der Waals surface area (Å²) in [6, 6.07) is 86.7. The molecule has 88 heavy (non-hydrogen) atoms. The van der Waals surface area contributed by atoms with Crippen molar-refractivity contribution in [3.05, 3.63) is 305 Å². The van der Waals surface area contributed by atoms with Crippen molar-refractivity contribution in [2.45, 2.75) is 95.2 Å². The number of nitrogens with one attached hydrogen (secondary N) is 4. The minimum atomic E-state index is -0.813. The van der Waals surface area contributed by atoms with Gasteiger partial charge in [-0.1, -0.05) is 235 Å². The van der Waals surface area contributed by atoms with Crippen molar-refractivity contribution in [1.29, 1.82) is 0 Å².